The van der Waals surface area contributed by atoms with Gasteiger partial charge in [0.05, 0.1) is 6.54 Å². The SMILES string of the molecule is CN=C(N)C1=C(NC)N(Cc2cccc(CN3CCCC3)c2)CC(=O)N1. The second-order valence-electron chi connectivity index (χ2n) is 6.79. The quantitative estimate of drug-likeness (QED) is 0.513. The molecule has 1 aromatic carbocycles. The molecule has 0 atom stereocenters. The van der Waals surface area contributed by atoms with Crippen LogP contribution in [0.2, 0.25) is 0 Å². The van der Waals surface area contributed by atoms with E-state index in [0.29, 0.717) is 18.1 Å². The van der Waals surface area contributed by atoms with E-state index in [2.05, 4.69) is 44.8 Å². The Morgan fingerprint density at radius 3 is 2.62 bits per heavy atom. The molecule has 2 aliphatic rings. The van der Waals surface area contributed by atoms with E-state index in [1.54, 1.807) is 7.05 Å². The van der Waals surface area contributed by atoms with Gasteiger partial charge in [0.25, 0.3) is 0 Å². The average molecular weight is 356 g/mol. The Balaban J connectivity index is 1.79. The van der Waals surface area contributed by atoms with E-state index >= 15 is 0 Å². The third-order valence-electron chi connectivity index (χ3n) is 4.86. The lowest BCUT2D eigenvalue weighted by molar-refractivity contribution is -0.122. The third kappa shape index (κ3) is 4.16. The smallest absolute Gasteiger partial charge is 0.244 e. The summed E-state index contributed by atoms with van der Waals surface area (Å²) < 4.78 is 0. The highest BCUT2D eigenvalue weighted by atomic mass is 16.2. The number of amides is 1. The molecule has 7 nitrogen and oxygen atoms in total. The maximum absolute atomic E-state index is 12.1. The summed E-state index contributed by atoms with van der Waals surface area (Å²) in [5.74, 6) is 1.02. The molecule has 0 aromatic heterocycles. The van der Waals surface area contributed by atoms with Gasteiger partial charge in [0.1, 0.15) is 17.4 Å². The number of hydrogen-bond acceptors (Lipinski definition) is 5. The highest BCUT2D eigenvalue weighted by Gasteiger charge is 2.26. The number of aliphatic imine (C=N–C) groups is 1. The number of rotatable bonds is 6. The molecule has 140 valence electrons. The summed E-state index contributed by atoms with van der Waals surface area (Å²) in [5.41, 5.74) is 8.99. The Morgan fingerprint density at radius 1 is 1.27 bits per heavy atom. The minimum absolute atomic E-state index is 0.0844. The Morgan fingerprint density at radius 2 is 1.96 bits per heavy atom. The molecule has 1 aromatic rings. The Hall–Kier alpha value is -2.54. The van der Waals surface area contributed by atoms with Crippen LogP contribution in [0.3, 0.4) is 0 Å². The highest BCUT2D eigenvalue weighted by molar-refractivity contribution is 6.01. The summed E-state index contributed by atoms with van der Waals surface area (Å²) in [6.07, 6.45) is 2.59. The number of nitrogens with zero attached hydrogens (tertiary/aromatic N) is 3. The fraction of sp³-hybridized carbons (Fsp3) is 0.474. The van der Waals surface area contributed by atoms with E-state index in [9.17, 15) is 4.79 Å². The van der Waals surface area contributed by atoms with Crippen molar-refractivity contribution < 1.29 is 4.79 Å². The van der Waals surface area contributed by atoms with Crippen LogP contribution in [-0.2, 0) is 17.9 Å². The normalized spacial score (nSPS) is 19.1. The number of hydrogen-bond donors (Lipinski definition) is 3. The molecule has 3 rings (SSSR count). The summed E-state index contributed by atoms with van der Waals surface area (Å²) in [4.78, 5) is 20.6. The summed E-state index contributed by atoms with van der Waals surface area (Å²) in [6, 6.07) is 8.60. The van der Waals surface area contributed by atoms with E-state index in [1.165, 1.54) is 37.1 Å². The van der Waals surface area contributed by atoms with Crippen LogP contribution >= 0.6 is 0 Å². The summed E-state index contributed by atoms with van der Waals surface area (Å²) in [6.45, 7) is 4.28. The van der Waals surface area contributed by atoms with E-state index in [-0.39, 0.29) is 12.5 Å². The highest BCUT2D eigenvalue weighted by Crippen LogP contribution is 2.18. The van der Waals surface area contributed by atoms with Crippen molar-refractivity contribution in [3.8, 4) is 0 Å². The fourth-order valence-electron chi connectivity index (χ4n) is 3.61. The van der Waals surface area contributed by atoms with Gasteiger partial charge in [0.15, 0.2) is 0 Å². The lowest BCUT2D eigenvalue weighted by atomic mass is 10.1. The van der Waals surface area contributed by atoms with E-state index in [0.717, 1.165) is 12.4 Å². The van der Waals surface area contributed by atoms with Gasteiger partial charge in [-0.3, -0.25) is 14.7 Å². The Bertz CT molecular complexity index is 720. The van der Waals surface area contributed by atoms with Gasteiger partial charge in [-0.25, -0.2) is 0 Å². The van der Waals surface area contributed by atoms with E-state index < -0.39 is 0 Å². The first-order valence-electron chi connectivity index (χ1n) is 9.10. The van der Waals surface area contributed by atoms with Crippen LogP contribution in [-0.4, -0.2) is 55.3 Å². The minimum atomic E-state index is -0.0844. The number of carbonyl (C=O) groups excluding carboxylic acids is 1. The molecule has 2 heterocycles. The van der Waals surface area contributed by atoms with Gasteiger partial charge in [0, 0.05) is 27.2 Å². The van der Waals surface area contributed by atoms with Gasteiger partial charge in [-0.05, 0) is 37.1 Å². The average Bonchev–Trinajstić information content (AvgIpc) is 3.14. The molecule has 4 N–H and O–H groups in total. The van der Waals surface area contributed by atoms with Crippen LogP contribution in [0, 0.1) is 0 Å². The lowest BCUT2D eigenvalue weighted by Gasteiger charge is -2.33. The zero-order valence-electron chi connectivity index (χ0n) is 15.6. The number of likely N-dealkylation sites (tertiary alicyclic amines) is 1. The number of nitrogens with one attached hydrogen (secondary N) is 2. The van der Waals surface area contributed by atoms with Gasteiger partial charge < -0.3 is 21.3 Å². The summed E-state index contributed by atoms with van der Waals surface area (Å²) in [5, 5.41) is 5.97. The predicted molar refractivity (Wildman–Crippen MR) is 103 cm³/mol. The van der Waals surface area contributed by atoms with Gasteiger partial charge in [-0.2, -0.15) is 0 Å². The Labute approximate surface area is 154 Å². The zero-order valence-corrected chi connectivity index (χ0v) is 15.6. The first-order valence-corrected chi connectivity index (χ1v) is 9.10. The molecule has 2 aliphatic heterocycles. The topological polar surface area (TPSA) is 86.0 Å². The Kier molecular flexibility index (Phi) is 5.78. The van der Waals surface area contributed by atoms with Crippen molar-refractivity contribution >= 4 is 11.7 Å². The van der Waals surface area contributed by atoms with E-state index in [1.807, 2.05) is 11.9 Å². The standard InChI is InChI=1S/C19H28N6O/c1-21-18(20)17-19(22-2)25(13-16(26)23-17)12-15-7-5-6-14(10-15)11-24-8-3-4-9-24/h5-7,10,22H,3-4,8-9,11-13H2,1-2H3,(H2,20,21)(H,23,26). The van der Waals surface area contributed by atoms with Gasteiger partial charge in [-0.1, -0.05) is 24.3 Å². The van der Waals surface area contributed by atoms with E-state index in [4.69, 9.17) is 5.73 Å². The van der Waals surface area contributed by atoms with Crippen molar-refractivity contribution in [2.45, 2.75) is 25.9 Å². The van der Waals surface area contributed by atoms with Gasteiger partial charge >= 0.3 is 0 Å². The number of nitrogens with two attached hydrogens (primary N) is 1. The number of amidine groups is 1. The second-order valence-corrected chi connectivity index (χ2v) is 6.79. The van der Waals surface area contributed by atoms with Crippen molar-refractivity contribution in [2.24, 2.45) is 10.7 Å². The van der Waals surface area contributed by atoms with Crippen molar-refractivity contribution in [2.75, 3.05) is 33.7 Å². The molecule has 0 spiro atoms. The van der Waals surface area contributed by atoms with Crippen molar-refractivity contribution in [1.82, 2.24) is 20.4 Å². The maximum atomic E-state index is 12.1. The second kappa shape index (κ2) is 8.23. The lowest BCUT2D eigenvalue weighted by Crippen LogP contribution is -2.49. The number of carbonyl (C=O) groups is 1. The van der Waals surface area contributed by atoms with Crippen molar-refractivity contribution in [1.29, 1.82) is 0 Å². The molecule has 26 heavy (non-hydrogen) atoms. The molecule has 7 heteroatoms. The summed E-state index contributed by atoms with van der Waals surface area (Å²) in [7, 11) is 3.44. The zero-order chi connectivity index (χ0) is 18.5. The molecule has 0 saturated carbocycles. The number of benzene rings is 1. The largest absolute Gasteiger partial charge is 0.382 e. The molecule has 1 saturated heterocycles. The molecule has 0 aliphatic carbocycles. The van der Waals surface area contributed by atoms with Gasteiger partial charge in [-0.15, -0.1) is 0 Å². The maximum Gasteiger partial charge on any atom is 0.244 e. The van der Waals surface area contributed by atoms with Crippen LogP contribution in [0.25, 0.3) is 0 Å². The molecule has 1 amide bonds. The van der Waals surface area contributed by atoms with Crippen molar-refractivity contribution in [3.05, 3.63) is 46.9 Å². The monoisotopic (exact) mass is 356 g/mol. The first kappa shape index (κ1) is 18.3. The third-order valence-corrected chi connectivity index (χ3v) is 4.86. The molecule has 1 fully saturated rings. The first-order chi connectivity index (χ1) is 12.6. The van der Waals surface area contributed by atoms with Crippen LogP contribution < -0.4 is 16.4 Å². The fourth-order valence-corrected chi connectivity index (χ4v) is 3.61. The summed E-state index contributed by atoms with van der Waals surface area (Å²) >= 11 is 0. The van der Waals surface area contributed by atoms with Crippen LogP contribution in [0.1, 0.15) is 24.0 Å². The molecule has 0 unspecified atom stereocenters. The van der Waals surface area contributed by atoms with Crippen molar-refractivity contribution in [3.63, 3.8) is 0 Å². The molecular formula is C19H28N6O. The van der Waals surface area contributed by atoms with Gasteiger partial charge in [0.2, 0.25) is 5.91 Å². The van der Waals surface area contributed by atoms with Crippen LogP contribution in [0.15, 0.2) is 40.8 Å². The molecule has 0 bridgehead atoms. The molecular weight excluding hydrogens is 328 g/mol. The van der Waals surface area contributed by atoms with Crippen LogP contribution in [0.5, 0.6) is 0 Å². The predicted octanol–water partition coefficient (Wildman–Crippen LogP) is 0.590. The van der Waals surface area contributed by atoms with Crippen LogP contribution in [0.4, 0.5) is 0 Å². The minimum Gasteiger partial charge on any atom is -0.382 e. The molecule has 0 radical (unpaired) electrons.